The predicted molar refractivity (Wildman–Crippen MR) is 106 cm³/mol. The normalized spacial score (nSPS) is 20.2. The van der Waals surface area contributed by atoms with Crippen LogP contribution in [-0.4, -0.2) is 40.9 Å². The number of aromatic nitrogens is 1. The van der Waals surface area contributed by atoms with E-state index in [9.17, 15) is 9.90 Å². The van der Waals surface area contributed by atoms with Crippen LogP contribution in [0.1, 0.15) is 48.9 Å². The molecule has 1 amide bonds. The number of ether oxygens (including phenoxy) is 1. The first-order chi connectivity index (χ1) is 13.1. The van der Waals surface area contributed by atoms with E-state index >= 15 is 0 Å². The van der Waals surface area contributed by atoms with Crippen molar-refractivity contribution in [2.75, 3.05) is 19.8 Å². The maximum absolute atomic E-state index is 12.9. The highest BCUT2D eigenvalue weighted by atomic mass is 35.5. The summed E-state index contributed by atoms with van der Waals surface area (Å²) < 4.78 is 7.07. The molecule has 2 fully saturated rings. The molecule has 1 aromatic heterocycles. The van der Waals surface area contributed by atoms with E-state index in [0.29, 0.717) is 42.8 Å². The van der Waals surface area contributed by atoms with Crippen molar-refractivity contribution in [2.24, 2.45) is 5.92 Å². The van der Waals surface area contributed by atoms with Gasteiger partial charge in [-0.05, 0) is 30.9 Å². The first-order valence-electron chi connectivity index (χ1n) is 9.91. The lowest BCUT2D eigenvalue weighted by Crippen LogP contribution is -2.52. The Bertz CT molecular complexity index is 820. The minimum Gasteiger partial charge on any atom is -0.383 e. The summed E-state index contributed by atoms with van der Waals surface area (Å²) in [6, 6.07) is 5.61. The summed E-state index contributed by atoms with van der Waals surface area (Å²) >= 11 is 6.43. The molecule has 1 saturated heterocycles. The highest BCUT2D eigenvalue weighted by Gasteiger charge is 2.37. The van der Waals surface area contributed by atoms with Gasteiger partial charge in [0.15, 0.2) is 0 Å². The molecule has 2 aromatic rings. The second kappa shape index (κ2) is 7.82. The number of carbonyl (C=O) groups is 1. The van der Waals surface area contributed by atoms with E-state index < -0.39 is 5.60 Å². The van der Waals surface area contributed by atoms with Crippen molar-refractivity contribution < 1.29 is 14.6 Å². The van der Waals surface area contributed by atoms with Gasteiger partial charge < -0.3 is 19.7 Å². The molecule has 4 rings (SSSR count). The average molecular weight is 391 g/mol. The largest absolute Gasteiger partial charge is 0.383 e. The third kappa shape index (κ3) is 4.00. The van der Waals surface area contributed by atoms with Crippen molar-refractivity contribution in [1.82, 2.24) is 9.88 Å². The summed E-state index contributed by atoms with van der Waals surface area (Å²) in [5, 5.41) is 14.9. The van der Waals surface area contributed by atoms with Crippen LogP contribution < -0.4 is 5.32 Å². The van der Waals surface area contributed by atoms with Crippen molar-refractivity contribution in [3.05, 3.63) is 35.0 Å². The molecule has 0 radical (unpaired) electrons. The Labute approximate surface area is 164 Å². The first kappa shape index (κ1) is 18.8. The number of fused-ring (bicyclic) bond motifs is 1. The Morgan fingerprint density at radius 1 is 1.26 bits per heavy atom. The fourth-order valence-corrected chi connectivity index (χ4v) is 4.53. The molecule has 5 nitrogen and oxygen atoms in total. The van der Waals surface area contributed by atoms with Crippen LogP contribution in [0, 0.1) is 5.92 Å². The molecule has 1 aliphatic carbocycles. The Hall–Kier alpha value is -1.56. The van der Waals surface area contributed by atoms with E-state index in [2.05, 4.69) is 5.32 Å². The van der Waals surface area contributed by atoms with Crippen molar-refractivity contribution >= 4 is 28.4 Å². The van der Waals surface area contributed by atoms with Gasteiger partial charge in [-0.25, -0.2) is 0 Å². The van der Waals surface area contributed by atoms with E-state index in [0.717, 1.165) is 10.9 Å². The average Bonchev–Trinajstić information content (AvgIpc) is 2.81. The van der Waals surface area contributed by atoms with Gasteiger partial charge in [-0.15, -0.1) is 0 Å². The van der Waals surface area contributed by atoms with Gasteiger partial charge in [0, 0.05) is 18.1 Å². The maximum Gasteiger partial charge on any atom is 0.253 e. The standard InChI is InChI=1S/C21H27ClN2O3/c22-17-8-5-9-18-19(17)16(11-24(18)12-21(26)13-27-14-21)20(25)23-10-15-6-3-1-2-4-7-15/h5,8-9,11,15,26H,1-4,6-7,10,12-14H2,(H,23,25). The Morgan fingerprint density at radius 3 is 2.67 bits per heavy atom. The zero-order chi connectivity index (χ0) is 18.9. The molecule has 1 saturated carbocycles. The van der Waals surface area contributed by atoms with Gasteiger partial charge in [0.1, 0.15) is 5.60 Å². The zero-order valence-electron chi connectivity index (χ0n) is 15.5. The van der Waals surface area contributed by atoms with E-state index in [4.69, 9.17) is 16.3 Å². The van der Waals surface area contributed by atoms with Crippen LogP contribution in [-0.2, 0) is 11.3 Å². The van der Waals surface area contributed by atoms with Gasteiger partial charge in [-0.3, -0.25) is 4.79 Å². The number of carbonyl (C=O) groups excluding carboxylic acids is 1. The number of benzene rings is 1. The number of halogens is 1. The monoisotopic (exact) mass is 390 g/mol. The third-order valence-electron chi connectivity index (χ3n) is 5.83. The Balaban J connectivity index is 1.55. The molecule has 1 aromatic carbocycles. The zero-order valence-corrected chi connectivity index (χ0v) is 16.3. The van der Waals surface area contributed by atoms with Crippen LogP contribution in [0.4, 0.5) is 0 Å². The highest BCUT2D eigenvalue weighted by Crippen LogP contribution is 2.31. The second-order valence-electron chi connectivity index (χ2n) is 8.09. The summed E-state index contributed by atoms with van der Waals surface area (Å²) in [6.45, 7) is 1.74. The molecular formula is C21H27ClN2O3. The van der Waals surface area contributed by atoms with Gasteiger partial charge in [0.05, 0.1) is 35.9 Å². The third-order valence-corrected chi connectivity index (χ3v) is 6.15. The summed E-state index contributed by atoms with van der Waals surface area (Å²) in [7, 11) is 0. The molecule has 1 aliphatic heterocycles. The summed E-state index contributed by atoms with van der Waals surface area (Å²) in [5.41, 5.74) is 0.568. The van der Waals surface area contributed by atoms with Crippen LogP contribution in [0.2, 0.25) is 5.02 Å². The fraction of sp³-hybridized carbons (Fsp3) is 0.571. The number of rotatable bonds is 5. The lowest BCUT2D eigenvalue weighted by atomic mass is 10.0. The predicted octanol–water partition coefficient (Wildman–Crippen LogP) is 3.76. The summed E-state index contributed by atoms with van der Waals surface area (Å²) in [6.07, 6.45) is 9.32. The topological polar surface area (TPSA) is 63.5 Å². The van der Waals surface area contributed by atoms with Crippen molar-refractivity contribution in [2.45, 2.75) is 50.7 Å². The smallest absolute Gasteiger partial charge is 0.253 e. The highest BCUT2D eigenvalue weighted by molar-refractivity contribution is 6.36. The summed E-state index contributed by atoms with van der Waals surface area (Å²) in [5.74, 6) is 0.473. The number of hydrogen-bond donors (Lipinski definition) is 2. The summed E-state index contributed by atoms with van der Waals surface area (Å²) in [4.78, 5) is 12.9. The van der Waals surface area contributed by atoms with Crippen LogP contribution in [0.15, 0.2) is 24.4 Å². The van der Waals surface area contributed by atoms with Crippen LogP contribution >= 0.6 is 11.6 Å². The Morgan fingerprint density at radius 2 is 2.00 bits per heavy atom. The molecule has 0 atom stereocenters. The van der Waals surface area contributed by atoms with Gasteiger partial charge in [-0.2, -0.15) is 0 Å². The molecule has 2 heterocycles. The minimum atomic E-state index is -0.873. The lowest BCUT2D eigenvalue weighted by molar-refractivity contribution is -0.184. The number of aliphatic hydroxyl groups is 1. The minimum absolute atomic E-state index is 0.0899. The van der Waals surface area contributed by atoms with Crippen LogP contribution in [0.25, 0.3) is 10.9 Å². The number of nitrogens with one attached hydrogen (secondary N) is 1. The van der Waals surface area contributed by atoms with Gasteiger partial charge in [0.2, 0.25) is 0 Å². The SMILES string of the molecule is O=C(NCC1CCCCCC1)c1cn(CC2(O)COC2)c2cccc(Cl)c12. The number of hydrogen-bond acceptors (Lipinski definition) is 3. The van der Waals surface area contributed by atoms with E-state index in [1.165, 1.54) is 38.5 Å². The molecule has 6 heteroatoms. The van der Waals surface area contributed by atoms with E-state index in [1.54, 1.807) is 6.07 Å². The molecule has 0 spiro atoms. The quantitative estimate of drug-likeness (QED) is 0.764. The fourth-order valence-electron chi connectivity index (χ4n) is 4.26. The first-order valence-corrected chi connectivity index (χ1v) is 10.3. The molecule has 2 aliphatic rings. The molecule has 2 N–H and O–H groups in total. The molecular weight excluding hydrogens is 364 g/mol. The van der Waals surface area contributed by atoms with Gasteiger partial charge >= 0.3 is 0 Å². The van der Waals surface area contributed by atoms with Crippen molar-refractivity contribution in [3.8, 4) is 0 Å². The lowest BCUT2D eigenvalue weighted by Gasteiger charge is -2.36. The van der Waals surface area contributed by atoms with Crippen molar-refractivity contribution in [1.29, 1.82) is 0 Å². The van der Waals surface area contributed by atoms with Crippen LogP contribution in [0.5, 0.6) is 0 Å². The van der Waals surface area contributed by atoms with E-state index in [1.807, 2.05) is 22.9 Å². The molecule has 0 unspecified atom stereocenters. The molecule has 27 heavy (non-hydrogen) atoms. The number of amides is 1. The molecule has 146 valence electrons. The second-order valence-corrected chi connectivity index (χ2v) is 8.50. The van der Waals surface area contributed by atoms with Gasteiger partial charge in [-0.1, -0.05) is 43.4 Å². The maximum atomic E-state index is 12.9. The molecule has 0 bridgehead atoms. The van der Waals surface area contributed by atoms with E-state index in [-0.39, 0.29) is 5.91 Å². The Kier molecular flexibility index (Phi) is 5.44. The van der Waals surface area contributed by atoms with Crippen LogP contribution in [0.3, 0.4) is 0 Å². The van der Waals surface area contributed by atoms with Crippen molar-refractivity contribution in [3.63, 3.8) is 0 Å². The van der Waals surface area contributed by atoms with Gasteiger partial charge in [0.25, 0.3) is 5.91 Å². The number of nitrogens with zero attached hydrogens (tertiary/aromatic N) is 1.